The number of nitrogens with zero attached hydrogens (tertiary/aromatic N) is 6. The molecule has 0 aliphatic carbocycles. The van der Waals surface area contributed by atoms with Crippen LogP contribution >= 0.6 is 24.0 Å². The topological polar surface area (TPSA) is 99.9 Å². The zero-order chi connectivity index (χ0) is 22.2. The maximum Gasteiger partial charge on any atom is 0.243 e. The van der Waals surface area contributed by atoms with E-state index in [0.717, 1.165) is 76.8 Å². The molecule has 1 unspecified atom stereocenters. The van der Waals surface area contributed by atoms with Gasteiger partial charge in [0.05, 0.1) is 19.8 Å². The zero-order valence-electron chi connectivity index (χ0n) is 19.8. The molecule has 10 nitrogen and oxygen atoms in total. The number of amides is 1. The van der Waals surface area contributed by atoms with E-state index in [4.69, 9.17) is 4.74 Å². The average molecular weight is 563 g/mol. The van der Waals surface area contributed by atoms with Crippen molar-refractivity contribution in [3.8, 4) is 0 Å². The molecule has 1 atom stereocenters. The summed E-state index contributed by atoms with van der Waals surface area (Å²) in [7, 11) is 3.50. The van der Waals surface area contributed by atoms with E-state index in [1.54, 1.807) is 19.0 Å². The average Bonchev–Trinajstić information content (AvgIpc) is 3.19. The van der Waals surface area contributed by atoms with Crippen LogP contribution in [0.15, 0.2) is 4.99 Å². The Bertz CT molecular complexity index is 746. The van der Waals surface area contributed by atoms with E-state index in [0.29, 0.717) is 11.9 Å². The molecule has 3 heterocycles. The van der Waals surface area contributed by atoms with Gasteiger partial charge in [-0.1, -0.05) is 13.8 Å². The first-order valence-electron chi connectivity index (χ1n) is 11.4. The number of morpholine rings is 1. The summed E-state index contributed by atoms with van der Waals surface area (Å²) in [5.74, 6) is 2.96. The normalized spacial score (nSPS) is 19.3. The van der Waals surface area contributed by atoms with E-state index in [1.165, 1.54) is 0 Å². The lowest BCUT2D eigenvalue weighted by Gasteiger charge is -2.27. The zero-order valence-corrected chi connectivity index (χ0v) is 22.2. The van der Waals surface area contributed by atoms with E-state index in [9.17, 15) is 4.79 Å². The van der Waals surface area contributed by atoms with Crippen LogP contribution in [0.3, 0.4) is 0 Å². The summed E-state index contributed by atoms with van der Waals surface area (Å²) in [5, 5.41) is 11.6. The number of aliphatic imine (C=N–C) groups is 1. The highest BCUT2D eigenvalue weighted by Gasteiger charge is 2.23. The number of hydrogen-bond donors (Lipinski definition) is 2. The molecule has 0 saturated carbocycles. The molecule has 182 valence electrons. The van der Waals surface area contributed by atoms with Crippen LogP contribution in [-0.4, -0.2) is 103 Å². The highest BCUT2D eigenvalue weighted by Crippen LogP contribution is 2.17. The molecule has 1 aromatic rings. The van der Waals surface area contributed by atoms with Gasteiger partial charge in [0.1, 0.15) is 12.4 Å². The van der Waals surface area contributed by atoms with E-state index in [-0.39, 0.29) is 42.5 Å². The van der Waals surface area contributed by atoms with Crippen molar-refractivity contribution >= 4 is 35.8 Å². The lowest BCUT2D eigenvalue weighted by molar-refractivity contribution is -0.127. The number of ether oxygens (including phenoxy) is 1. The Morgan fingerprint density at radius 2 is 2.06 bits per heavy atom. The SMILES string of the molecule is CC(C)c1nc2n(n1)CC(NC(=NCC(=O)N(C)C)NCCCN1CCOCC1)CC2.I. The number of halogens is 1. The standard InChI is InChI=1S/C21H38N8O2.HI/c1-16(2)20-25-18-7-6-17(15-29(18)26-20)24-21(23-14-19(30)27(3)4)22-8-5-9-28-10-12-31-13-11-28;/h16-17H,5-15H2,1-4H3,(H2,22,23,24);1H. The van der Waals surface area contributed by atoms with Crippen LogP contribution in [-0.2, 0) is 22.5 Å². The van der Waals surface area contributed by atoms with Gasteiger partial charge in [-0.3, -0.25) is 9.69 Å². The summed E-state index contributed by atoms with van der Waals surface area (Å²) in [6.07, 6.45) is 2.86. The molecule has 3 rings (SSSR count). The van der Waals surface area contributed by atoms with Crippen LogP contribution in [0.1, 0.15) is 44.3 Å². The number of carbonyl (C=O) groups excluding carboxylic acids is 1. The first kappa shape index (κ1) is 26.8. The van der Waals surface area contributed by atoms with Crippen molar-refractivity contribution in [1.29, 1.82) is 0 Å². The van der Waals surface area contributed by atoms with Crippen LogP contribution < -0.4 is 10.6 Å². The second-order valence-corrected chi connectivity index (χ2v) is 8.79. The number of fused-ring (bicyclic) bond motifs is 1. The van der Waals surface area contributed by atoms with Gasteiger partial charge < -0.3 is 20.3 Å². The lowest BCUT2D eigenvalue weighted by Crippen LogP contribution is -2.48. The smallest absolute Gasteiger partial charge is 0.243 e. The molecule has 2 aliphatic heterocycles. The van der Waals surface area contributed by atoms with Crippen molar-refractivity contribution in [1.82, 2.24) is 35.2 Å². The Balaban J connectivity index is 0.00000363. The Kier molecular flexibility index (Phi) is 11.1. The minimum Gasteiger partial charge on any atom is -0.379 e. The van der Waals surface area contributed by atoms with Crippen molar-refractivity contribution in [2.24, 2.45) is 4.99 Å². The third kappa shape index (κ3) is 8.14. The third-order valence-corrected chi connectivity index (χ3v) is 5.65. The van der Waals surface area contributed by atoms with E-state index in [1.807, 2.05) is 4.68 Å². The van der Waals surface area contributed by atoms with Crippen molar-refractivity contribution in [2.75, 3.05) is 60.0 Å². The van der Waals surface area contributed by atoms with E-state index in [2.05, 4.69) is 44.5 Å². The number of guanidine groups is 1. The largest absolute Gasteiger partial charge is 0.379 e. The number of aryl methyl sites for hydroxylation is 1. The van der Waals surface area contributed by atoms with Gasteiger partial charge in [-0.15, -0.1) is 24.0 Å². The van der Waals surface area contributed by atoms with E-state index >= 15 is 0 Å². The van der Waals surface area contributed by atoms with Gasteiger partial charge in [0.2, 0.25) is 5.91 Å². The summed E-state index contributed by atoms with van der Waals surface area (Å²) in [5.41, 5.74) is 0. The van der Waals surface area contributed by atoms with Gasteiger partial charge in [0.25, 0.3) is 0 Å². The molecule has 0 bridgehead atoms. The minimum atomic E-state index is -0.0156. The number of aromatic nitrogens is 3. The fourth-order valence-electron chi connectivity index (χ4n) is 3.66. The van der Waals surface area contributed by atoms with Crippen LogP contribution in [0.25, 0.3) is 0 Å². The second-order valence-electron chi connectivity index (χ2n) is 8.79. The Morgan fingerprint density at radius 3 is 2.75 bits per heavy atom. The fourth-order valence-corrected chi connectivity index (χ4v) is 3.66. The molecule has 0 radical (unpaired) electrons. The number of nitrogens with one attached hydrogen (secondary N) is 2. The first-order chi connectivity index (χ1) is 14.9. The molecule has 11 heteroatoms. The lowest BCUT2D eigenvalue weighted by atomic mass is 10.1. The highest BCUT2D eigenvalue weighted by atomic mass is 127. The Labute approximate surface area is 208 Å². The first-order valence-corrected chi connectivity index (χ1v) is 11.4. The summed E-state index contributed by atoms with van der Waals surface area (Å²) < 4.78 is 7.42. The molecule has 1 saturated heterocycles. The third-order valence-electron chi connectivity index (χ3n) is 5.65. The summed E-state index contributed by atoms with van der Waals surface area (Å²) in [6.45, 7) is 10.6. The number of rotatable bonds is 8. The van der Waals surface area contributed by atoms with Gasteiger partial charge in [0.15, 0.2) is 11.8 Å². The monoisotopic (exact) mass is 562 g/mol. The van der Waals surface area contributed by atoms with Crippen LogP contribution in [0.4, 0.5) is 0 Å². The Hall–Kier alpha value is -1.47. The molecule has 0 aromatic carbocycles. The van der Waals surface area contributed by atoms with Crippen LogP contribution in [0.2, 0.25) is 0 Å². The summed E-state index contributed by atoms with van der Waals surface area (Å²) in [6, 6.07) is 0.203. The van der Waals surface area contributed by atoms with Gasteiger partial charge in [-0.25, -0.2) is 14.7 Å². The number of likely N-dealkylation sites (N-methyl/N-ethyl adjacent to an activating group) is 1. The van der Waals surface area contributed by atoms with Gasteiger partial charge in [-0.2, -0.15) is 5.10 Å². The molecule has 2 N–H and O–H groups in total. The predicted octanol–water partition coefficient (Wildman–Crippen LogP) is 0.680. The summed E-state index contributed by atoms with van der Waals surface area (Å²) in [4.78, 5) is 25.2. The maximum absolute atomic E-state index is 12.0. The van der Waals surface area contributed by atoms with Crippen molar-refractivity contribution in [3.63, 3.8) is 0 Å². The van der Waals surface area contributed by atoms with Gasteiger partial charge in [0, 0.05) is 52.1 Å². The minimum absolute atomic E-state index is 0. The van der Waals surface area contributed by atoms with Crippen molar-refractivity contribution in [3.05, 3.63) is 11.6 Å². The molecule has 1 aromatic heterocycles. The van der Waals surface area contributed by atoms with Crippen molar-refractivity contribution in [2.45, 2.75) is 51.6 Å². The molecule has 32 heavy (non-hydrogen) atoms. The molecule has 1 amide bonds. The van der Waals surface area contributed by atoms with Gasteiger partial charge >= 0.3 is 0 Å². The molecule has 1 fully saturated rings. The molecular weight excluding hydrogens is 523 g/mol. The van der Waals surface area contributed by atoms with Crippen LogP contribution in [0.5, 0.6) is 0 Å². The Morgan fingerprint density at radius 1 is 1.31 bits per heavy atom. The quantitative estimate of drug-likeness (QED) is 0.208. The molecular formula is C21H39IN8O2. The maximum atomic E-state index is 12.0. The van der Waals surface area contributed by atoms with Crippen molar-refractivity contribution < 1.29 is 9.53 Å². The molecule has 0 spiro atoms. The number of hydrogen-bond acceptors (Lipinski definition) is 6. The number of carbonyl (C=O) groups is 1. The fraction of sp³-hybridized carbons (Fsp3) is 0.810. The molecule has 2 aliphatic rings. The second kappa shape index (κ2) is 13.3. The van der Waals surface area contributed by atoms with E-state index < -0.39 is 0 Å². The van der Waals surface area contributed by atoms with Gasteiger partial charge in [-0.05, 0) is 19.4 Å². The predicted molar refractivity (Wildman–Crippen MR) is 136 cm³/mol. The van der Waals surface area contributed by atoms with Crippen LogP contribution in [0, 0.1) is 0 Å². The summed E-state index contributed by atoms with van der Waals surface area (Å²) >= 11 is 0. The highest BCUT2D eigenvalue weighted by molar-refractivity contribution is 14.0.